The highest BCUT2D eigenvalue weighted by atomic mass is 28.4. The Hall–Kier alpha value is -1.38. The van der Waals surface area contributed by atoms with E-state index in [-0.39, 0.29) is 18.2 Å². The van der Waals surface area contributed by atoms with Gasteiger partial charge < -0.3 is 19.0 Å². The summed E-state index contributed by atoms with van der Waals surface area (Å²) in [6.45, 7) is 12.2. The number of rotatable bonds is 6. The number of nitrogens with zero attached hydrogens (tertiary/aromatic N) is 3. The van der Waals surface area contributed by atoms with Gasteiger partial charge in [0.2, 0.25) is 0 Å². The molecule has 0 spiro atoms. The first-order valence-corrected chi connectivity index (χ1v) is 10.8. The topological polar surface area (TPSA) is 114 Å². The molecule has 0 aliphatic carbocycles. The van der Waals surface area contributed by atoms with Gasteiger partial charge in [-0.3, -0.25) is 0 Å². The Kier molecular flexibility index (Phi) is 7.00. The normalized spacial score (nSPS) is 26.3. The van der Waals surface area contributed by atoms with Crippen molar-refractivity contribution >= 4 is 14.3 Å². The third-order valence-electron chi connectivity index (χ3n) is 4.37. The van der Waals surface area contributed by atoms with Gasteiger partial charge in [0.25, 0.3) is 0 Å². The molecule has 1 unspecified atom stereocenters. The molecule has 1 heterocycles. The van der Waals surface area contributed by atoms with Crippen molar-refractivity contribution < 1.29 is 23.8 Å². The second kappa shape index (κ2) is 8.13. The van der Waals surface area contributed by atoms with Crippen LogP contribution in [0.15, 0.2) is 16.8 Å². The minimum Gasteiger partial charge on any atom is -0.463 e. The molecular formula is C15H27N3O5Si. The van der Waals surface area contributed by atoms with Gasteiger partial charge in [0.05, 0.1) is 19.3 Å². The Morgan fingerprint density at radius 1 is 1.50 bits per heavy atom. The maximum Gasteiger partial charge on any atom is 0.330 e. The number of hydrogen-bond acceptors (Lipinski definition) is 6. The fraction of sp³-hybridized carbons (Fsp3) is 0.800. The average molecular weight is 357 g/mol. The highest BCUT2D eigenvalue weighted by Crippen LogP contribution is 2.40. The third kappa shape index (κ3) is 5.06. The number of ether oxygens (including phenoxy) is 2. The Morgan fingerprint density at radius 2 is 2.12 bits per heavy atom. The predicted molar refractivity (Wildman–Crippen MR) is 91.7 cm³/mol. The van der Waals surface area contributed by atoms with E-state index in [1.807, 2.05) is 13.1 Å². The van der Waals surface area contributed by atoms with Crippen LogP contribution in [0.1, 0.15) is 27.7 Å². The second-order valence-electron chi connectivity index (χ2n) is 7.13. The lowest BCUT2D eigenvalue weighted by atomic mass is 10.1. The molecule has 24 heavy (non-hydrogen) atoms. The van der Waals surface area contributed by atoms with Gasteiger partial charge in [-0.2, -0.15) is 0 Å². The van der Waals surface area contributed by atoms with Crippen LogP contribution in [0.3, 0.4) is 0 Å². The zero-order valence-electron chi connectivity index (χ0n) is 15.1. The molecule has 0 aromatic carbocycles. The van der Waals surface area contributed by atoms with Crippen LogP contribution >= 0.6 is 0 Å². The predicted octanol–water partition coefficient (Wildman–Crippen LogP) is 2.89. The summed E-state index contributed by atoms with van der Waals surface area (Å²) < 4.78 is 16.7. The molecule has 1 saturated heterocycles. The smallest absolute Gasteiger partial charge is 0.330 e. The van der Waals surface area contributed by atoms with E-state index in [0.717, 1.165) is 0 Å². The van der Waals surface area contributed by atoms with Gasteiger partial charge in [0.15, 0.2) is 14.6 Å². The monoisotopic (exact) mass is 357 g/mol. The summed E-state index contributed by atoms with van der Waals surface area (Å²) in [5.41, 5.74) is 8.82. The molecule has 0 amide bonds. The van der Waals surface area contributed by atoms with Crippen molar-refractivity contribution in [2.75, 3.05) is 13.2 Å². The number of azide groups is 1. The van der Waals surface area contributed by atoms with Crippen LogP contribution in [-0.2, 0) is 18.7 Å². The van der Waals surface area contributed by atoms with Crippen molar-refractivity contribution in [3.05, 3.63) is 22.1 Å². The molecule has 1 N–H and O–H groups in total. The third-order valence-corrected chi connectivity index (χ3v) is 8.80. The van der Waals surface area contributed by atoms with Crippen molar-refractivity contribution in [3.63, 3.8) is 0 Å². The molecule has 8 nitrogen and oxygen atoms in total. The van der Waals surface area contributed by atoms with Crippen LogP contribution in [0.4, 0.5) is 0 Å². The summed E-state index contributed by atoms with van der Waals surface area (Å²) in [7, 11) is -2.19. The van der Waals surface area contributed by atoms with Gasteiger partial charge >= 0.3 is 5.97 Å². The van der Waals surface area contributed by atoms with Crippen LogP contribution in [0.5, 0.6) is 0 Å². The lowest BCUT2D eigenvalue weighted by Crippen LogP contribution is -2.46. The van der Waals surface area contributed by atoms with Crippen LogP contribution < -0.4 is 0 Å². The number of hydrogen-bond donors (Lipinski definition) is 1. The van der Waals surface area contributed by atoms with E-state index in [1.54, 1.807) is 6.92 Å². The maximum absolute atomic E-state index is 11.7. The standard InChI is InChI=1S/C15H27N3O5Si/c1-7-21-12(19)8-10-11(9-17-18-16)22-14(13(10)20)23-24(5,6)15(2,3)4/h8,11,13-14,20H,7,9H2,1-6H3/b10-8+/t11-,13-,14?/m1/s1. The number of aliphatic hydroxyl groups excluding tert-OH is 1. The highest BCUT2D eigenvalue weighted by molar-refractivity contribution is 6.74. The molecule has 9 heteroatoms. The van der Waals surface area contributed by atoms with Gasteiger partial charge in [0.1, 0.15) is 6.10 Å². The number of aliphatic hydroxyl groups is 1. The molecule has 1 aliphatic rings. The van der Waals surface area contributed by atoms with Gasteiger partial charge in [-0.1, -0.05) is 25.9 Å². The van der Waals surface area contributed by atoms with E-state index < -0.39 is 32.8 Å². The molecule has 0 saturated carbocycles. The molecule has 0 bridgehead atoms. The number of carbonyl (C=O) groups excluding carboxylic acids is 1. The van der Waals surface area contributed by atoms with Gasteiger partial charge in [0, 0.05) is 11.0 Å². The Balaban J connectivity index is 3.02. The summed E-state index contributed by atoms with van der Waals surface area (Å²) >= 11 is 0. The van der Waals surface area contributed by atoms with E-state index in [0.29, 0.717) is 5.57 Å². The van der Waals surface area contributed by atoms with E-state index in [4.69, 9.17) is 19.4 Å². The lowest BCUT2D eigenvalue weighted by Gasteiger charge is -2.38. The molecule has 0 aromatic heterocycles. The van der Waals surface area contributed by atoms with Crippen LogP contribution in [0.25, 0.3) is 10.4 Å². The fourth-order valence-corrected chi connectivity index (χ4v) is 3.10. The fourth-order valence-electron chi connectivity index (χ4n) is 1.98. The van der Waals surface area contributed by atoms with Gasteiger partial charge in [-0.05, 0) is 36.2 Å². The zero-order valence-corrected chi connectivity index (χ0v) is 16.1. The van der Waals surface area contributed by atoms with Crippen molar-refractivity contribution in [2.24, 2.45) is 5.11 Å². The SMILES string of the molecule is CCOC(=O)/C=C1/[C@@H](O)C(O[Si](C)(C)C(C)(C)C)O[C@@H]1CN=[N+]=[N-]. The van der Waals surface area contributed by atoms with Crippen molar-refractivity contribution in [2.45, 2.75) is 64.3 Å². The molecule has 3 atom stereocenters. The van der Waals surface area contributed by atoms with Gasteiger partial charge in [-0.25, -0.2) is 4.79 Å². The quantitative estimate of drug-likeness (QED) is 0.196. The Morgan fingerprint density at radius 3 is 2.62 bits per heavy atom. The highest BCUT2D eigenvalue weighted by Gasteiger charge is 2.46. The van der Waals surface area contributed by atoms with Crippen molar-refractivity contribution in [1.29, 1.82) is 0 Å². The molecule has 1 rings (SSSR count). The minimum atomic E-state index is -2.19. The largest absolute Gasteiger partial charge is 0.463 e. The molecular weight excluding hydrogens is 330 g/mol. The van der Waals surface area contributed by atoms with E-state index in [2.05, 4.69) is 30.8 Å². The van der Waals surface area contributed by atoms with Gasteiger partial charge in [-0.15, -0.1) is 0 Å². The minimum absolute atomic E-state index is 0.0316. The first kappa shape index (κ1) is 20.7. The average Bonchev–Trinajstić information content (AvgIpc) is 2.72. The van der Waals surface area contributed by atoms with Crippen LogP contribution in [0, 0.1) is 0 Å². The maximum atomic E-state index is 11.7. The van der Waals surface area contributed by atoms with E-state index in [9.17, 15) is 9.90 Å². The molecule has 0 radical (unpaired) electrons. The molecule has 1 aliphatic heterocycles. The zero-order chi connectivity index (χ0) is 18.5. The summed E-state index contributed by atoms with van der Waals surface area (Å²) in [4.78, 5) is 14.4. The van der Waals surface area contributed by atoms with E-state index in [1.165, 1.54) is 6.08 Å². The first-order valence-electron chi connectivity index (χ1n) is 7.94. The van der Waals surface area contributed by atoms with E-state index >= 15 is 0 Å². The summed E-state index contributed by atoms with van der Waals surface area (Å²) in [6.07, 6.45) is -1.52. The number of esters is 1. The van der Waals surface area contributed by atoms with Crippen LogP contribution in [0.2, 0.25) is 18.1 Å². The summed E-state index contributed by atoms with van der Waals surface area (Å²) in [6, 6.07) is 0. The number of carbonyl (C=O) groups is 1. The Bertz CT molecular complexity index is 538. The van der Waals surface area contributed by atoms with Crippen molar-refractivity contribution in [3.8, 4) is 0 Å². The van der Waals surface area contributed by atoms with Crippen LogP contribution in [-0.4, -0.2) is 51.0 Å². The summed E-state index contributed by atoms with van der Waals surface area (Å²) in [5, 5.41) is 13.9. The lowest BCUT2D eigenvalue weighted by molar-refractivity contribution is -0.137. The summed E-state index contributed by atoms with van der Waals surface area (Å²) in [5.74, 6) is -0.575. The Labute approximate surface area is 143 Å². The molecule has 1 fully saturated rings. The first-order chi connectivity index (χ1) is 11.0. The van der Waals surface area contributed by atoms with Crippen molar-refractivity contribution in [1.82, 2.24) is 0 Å². The molecule has 0 aromatic rings. The molecule has 136 valence electrons. The second-order valence-corrected chi connectivity index (χ2v) is 11.9.